The molecule has 5 heteroatoms. The zero-order valence-electron chi connectivity index (χ0n) is 10.6. The molecule has 1 aromatic heterocycles. The van der Waals surface area contributed by atoms with Gasteiger partial charge in [0, 0.05) is 32.4 Å². The average molecular weight is 243 g/mol. The normalized spacial score (nSPS) is 10.2. The highest BCUT2D eigenvalue weighted by molar-refractivity contribution is 5.61. The van der Waals surface area contributed by atoms with Crippen molar-refractivity contribution >= 4 is 17.3 Å². The summed E-state index contributed by atoms with van der Waals surface area (Å²) in [6.07, 6.45) is 1.55. The molecule has 0 aliphatic rings. The maximum atomic E-state index is 5.58. The molecule has 5 nitrogen and oxygen atoms in total. The second-order valence-electron chi connectivity index (χ2n) is 3.94. The lowest BCUT2D eigenvalue weighted by Gasteiger charge is -2.18. The Morgan fingerprint density at radius 3 is 2.56 bits per heavy atom. The Balaban J connectivity index is 2.25. The Morgan fingerprint density at radius 2 is 1.94 bits per heavy atom. The van der Waals surface area contributed by atoms with E-state index in [1.165, 1.54) is 0 Å². The monoisotopic (exact) mass is 243 g/mol. The largest absolute Gasteiger partial charge is 0.373 e. The first-order valence-electron chi connectivity index (χ1n) is 5.77. The first-order valence-corrected chi connectivity index (χ1v) is 5.77. The molecule has 0 spiro atoms. The molecule has 0 aliphatic heterocycles. The summed E-state index contributed by atoms with van der Waals surface area (Å²) in [4.78, 5) is 10.4. The minimum atomic E-state index is 0.557. The van der Waals surface area contributed by atoms with Gasteiger partial charge < -0.3 is 16.0 Å². The average Bonchev–Trinajstić information content (AvgIpc) is 2.46. The highest BCUT2D eigenvalue weighted by Gasteiger charge is 2.06. The van der Waals surface area contributed by atoms with Crippen LogP contribution in [0.3, 0.4) is 0 Å². The molecule has 0 atom stereocenters. The Morgan fingerprint density at radius 1 is 1.22 bits per heavy atom. The van der Waals surface area contributed by atoms with Gasteiger partial charge >= 0.3 is 0 Å². The number of hydrogen-bond acceptors (Lipinski definition) is 5. The molecule has 18 heavy (non-hydrogen) atoms. The smallest absolute Gasteiger partial charge is 0.138 e. The van der Waals surface area contributed by atoms with E-state index >= 15 is 0 Å². The number of benzene rings is 1. The van der Waals surface area contributed by atoms with Crippen molar-refractivity contribution < 1.29 is 0 Å². The number of nitrogens with two attached hydrogens (primary N) is 1. The molecule has 0 bridgehead atoms. The summed E-state index contributed by atoms with van der Waals surface area (Å²) in [5.74, 6) is 1.64. The second-order valence-corrected chi connectivity index (χ2v) is 3.94. The van der Waals surface area contributed by atoms with Crippen molar-refractivity contribution in [3.05, 3.63) is 42.2 Å². The van der Waals surface area contributed by atoms with Crippen LogP contribution in [0, 0.1) is 0 Å². The molecule has 3 N–H and O–H groups in total. The molecule has 0 saturated carbocycles. The van der Waals surface area contributed by atoms with Crippen LogP contribution in [0.25, 0.3) is 0 Å². The summed E-state index contributed by atoms with van der Waals surface area (Å²) in [7, 11) is 3.81. The molecule has 0 radical (unpaired) electrons. The summed E-state index contributed by atoms with van der Waals surface area (Å²) in [6, 6.07) is 10.0. The molecular formula is C13H17N5. The third-order valence-electron chi connectivity index (χ3n) is 2.81. The van der Waals surface area contributed by atoms with Gasteiger partial charge in [-0.15, -0.1) is 0 Å². The van der Waals surface area contributed by atoms with Crippen molar-refractivity contribution in [3.8, 4) is 0 Å². The topological polar surface area (TPSA) is 67.1 Å². The third kappa shape index (κ3) is 2.57. The Kier molecular flexibility index (Phi) is 3.74. The molecule has 0 unspecified atom stereocenters. The fourth-order valence-electron chi connectivity index (χ4n) is 1.66. The number of aromatic nitrogens is 2. The van der Waals surface area contributed by atoms with Gasteiger partial charge in [0.2, 0.25) is 0 Å². The van der Waals surface area contributed by atoms with E-state index in [4.69, 9.17) is 5.73 Å². The summed E-state index contributed by atoms with van der Waals surface area (Å²) in [5, 5.41) is 3.00. The quantitative estimate of drug-likeness (QED) is 0.856. The number of nitrogens with zero attached hydrogens (tertiary/aromatic N) is 3. The van der Waals surface area contributed by atoms with Crippen molar-refractivity contribution in [1.29, 1.82) is 0 Å². The maximum absolute atomic E-state index is 5.58. The number of hydrogen-bond donors (Lipinski definition) is 2. The second kappa shape index (κ2) is 5.46. The van der Waals surface area contributed by atoms with E-state index in [2.05, 4.69) is 15.3 Å². The number of rotatable bonds is 4. The van der Waals surface area contributed by atoms with Crippen LogP contribution in [0.4, 0.5) is 17.3 Å². The fraction of sp³-hybridized carbons (Fsp3) is 0.231. The van der Waals surface area contributed by atoms with E-state index in [9.17, 15) is 0 Å². The highest BCUT2D eigenvalue weighted by Crippen LogP contribution is 2.22. The van der Waals surface area contributed by atoms with Crippen molar-refractivity contribution in [2.45, 2.75) is 6.54 Å². The molecule has 0 amide bonds. The van der Waals surface area contributed by atoms with Crippen LogP contribution in [0.15, 0.2) is 36.7 Å². The summed E-state index contributed by atoms with van der Waals surface area (Å²) in [6.45, 7) is 0.557. The van der Waals surface area contributed by atoms with Gasteiger partial charge in [-0.3, -0.25) is 0 Å². The maximum Gasteiger partial charge on any atom is 0.138 e. The van der Waals surface area contributed by atoms with Crippen molar-refractivity contribution in [2.24, 2.45) is 5.73 Å². The minimum Gasteiger partial charge on any atom is -0.373 e. The Bertz CT molecular complexity index is 509. The first kappa shape index (κ1) is 12.3. The van der Waals surface area contributed by atoms with Gasteiger partial charge in [0.25, 0.3) is 0 Å². The lowest BCUT2D eigenvalue weighted by Crippen LogP contribution is -2.12. The van der Waals surface area contributed by atoms with Gasteiger partial charge in [0.15, 0.2) is 0 Å². The van der Waals surface area contributed by atoms with Crippen LogP contribution in [0.2, 0.25) is 0 Å². The zero-order valence-corrected chi connectivity index (χ0v) is 10.6. The molecular weight excluding hydrogens is 226 g/mol. The van der Waals surface area contributed by atoms with E-state index in [0.29, 0.717) is 6.54 Å². The summed E-state index contributed by atoms with van der Waals surface area (Å²) >= 11 is 0. The number of nitrogens with one attached hydrogen (secondary N) is 1. The van der Waals surface area contributed by atoms with Crippen LogP contribution < -0.4 is 16.0 Å². The van der Waals surface area contributed by atoms with Gasteiger partial charge in [-0.2, -0.15) is 0 Å². The molecule has 0 fully saturated rings. The highest BCUT2D eigenvalue weighted by atomic mass is 15.2. The van der Waals surface area contributed by atoms with Crippen LogP contribution in [-0.4, -0.2) is 24.1 Å². The van der Waals surface area contributed by atoms with Gasteiger partial charge in [-0.05, 0) is 17.7 Å². The summed E-state index contributed by atoms with van der Waals surface area (Å²) < 4.78 is 0. The summed E-state index contributed by atoms with van der Waals surface area (Å²) in [5.41, 5.74) is 7.76. The fourth-order valence-corrected chi connectivity index (χ4v) is 1.66. The number of anilines is 3. The predicted octanol–water partition coefficient (Wildman–Crippen LogP) is 1.74. The third-order valence-corrected chi connectivity index (χ3v) is 2.81. The standard InChI is InChI=1S/C13H17N5/c1-15-12-7-13(17-9-16-12)18(2)11-5-3-10(8-14)4-6-11/h3-7,9H,8,14H2,1-2H3,(H,15,16,17). The SMILES string of the molecule is CNc1cc(N(C)c2ccc(CN)cc2)ncn1. The predicted molar refractivity (Wildman–Crippen MR) is 74.0 cm³/mol. The van der Waals surface area contributed by atoms with Crippen LogP contribution in [-0.2, 0) is 6.54 Å². The lowest BCUT2D eigenvalue weighted by molar-refractivity contribution is 1.06. The lowest BCUT2D eigenvalue weighted by atomic mass is 10.2. The molecule has 0 aliphatic carbocycles. The Labute approximate surface area is 107 Å². The van der Waals surface area contributed by atoms with E-state index < -0.39 is 0 Å². The minimum absolute atomic E-state index is 0.557. The van der Waals surface area contributed by atoms with Gasteiger partial charge in [-0.25, -0.2) is 9.97 Å². The van der Waals surface area contributed by atoms with E-state index in [-0.39, 0.29) is 0 Å². The molecule has 94 valence electrons. The molecule has 2 aromatic rings. The van der Waals surface area contributed by atoms with Crippen LogP contribution in [0.1, 0.15) is 5.56 Å². The molecule has 2 rings (SSSR count). The van der Waals surface area contributed by atoms with Crippen LogP contribution in [0.5, 0.6) is 0 Å². The van der Waals surface area contributed by atoms with Gasteiger partial charge in [-0.1, -0.05) is 12.1 Å². The van der Waals surface area contributed by atoms with Crippen LogP contribution >= 0.6 is 0 Å². The van der Waals surface area contributed by atoms with E-state index in [0.717, 1.165) is 22.9 Å². The Hall–Kier alpha value is -2.14. The van der Waals surface area contributed by atoms with E-state index in [1.54, 1.807) is 6.33 Å². The van der Waals surface area contributed by atoms with Gasteiger partial charge in [0.05, 0.1) is 0 Å². The first-order chi connectivity index (χ1) is 8.74. The zero-order chi connectivity index (χ0) is 13.0. The van der Waals surface area contributed by atoms with Crippen molar-refractivity contribution in [3.63, 3.8) is 0 Å². The van der Waals surface area contributed by atoms with Crippen molar-refractivity contribution in [1.82, 2.24) is 9.97 Å². The van der Waals surface area contributed by atoms with E-state index in [1.807, 2.05) is 49.3 Å². The van der Waals surface area contributed by atoms with Crippen molar-refractivity contribution in [2.75, 3.05) is 24.3 Å². The van der Waals surface area contributed by atoms with Gasteiger partial charge in [0.1, 0.15) is 18.0 Å². The molecule has 0 saturated heterocycles. The molecule has 1 aromatic carbocycles. The molecule has 1 heterocycles.